The lowest BCUT2D eigenvalue weighted by Gasteiger charge is -2.07. The van der Waals surface area contributed by atoms with Gasteiger partial charge in [-0.2, -0.15) is 5.10 Å². The lowest BCUT2D eigenvalue weighted by atomic mass is 10.2. The second-order valence-corrected chi connectivity index (χ2v) is 6.16. The zero-order valence-electron chi connectivity index (χ0n) is 13.0. The minimum atomic E-state index is -0.321. The molecule has 3 rings (SSSR count). The number of amides is 1. The number of aromatic nitrogens is 1. The first-order chi connectivity index (χ1) is 11.6. The molecule has 24 heavy (non-hydrogen) atoms. The number of nitrogens with one attached hydrogen (secondary N) is 2. The number of nitrogens with zero attached hydrogens (tertiary/aromatic N) is 1. The highest BCUT2D eigenvalue weighted by Gasteiger charge is 2.05. The Labute approximate surface area is 147 Å². The Bertz CT molecular complexity index is 902. The third-order valence-corrected chi connectivity index (χ3v) is 4.08. The number of hydrogen-bond acceptors (Lipinski definition) is 3. The summed E-state index contributed by atoms with van der Waals surface area (Å²) < 4.78 is 6.29. The summed E-state index contributed by atoms with van der Waals surface area (Å²) in [5.74, 6) is 0.301. The van der Waals surface area contributed by atoms with Crippen LogP contribution in [-0.2, 0) is 4.79 Å². The smallest absolute Gasteiger partial charge is 0.277 e. The molecule has 0 saturated carbocycles. The van der Waals surface area contributed by atoms with Crippen LogP contribution in [0.5, 0.6) is 5.75 Å². The first-order valence-corrected chi connectivity index (χ1v) is 8.20. The second-order valence-electron chi connectivity index (χ2n) is 5.31. The summed E-state index contributed by atoms with van der Waals surface area (Å²) in [6, 6.07) is 13.6. The maximum absolute atomic E-state index is 11.8. The minimum absolute atomic E-state index is 0.104. The van der Waals surface area contributed by atoms with Crippen LogP contribution in [0.15, 0.2) is 58.2 Å². The fourth-order valence-electron chi connectivity index (χ4n) is 2.27. The Morgan fingerprint density at radius 1 is 1.33 bits per heavy atom. The Morgan fingerprint density at radius 2 is 2.17 bits per heavy atom. The zero-order valence-corrected chi connectivity index (χ0v) is 14.6. The van der Waals surface area contributed by atoms with Crippen molar-refractivity contribution in [1.82, 2.24) is 10.4 Å². The number of aryl methyl sites for hydroxylation is 1. The van der Waals surface area contributed by atoms with Crippen molar-refractivity contribution >= 4 is 39.0 Å². The normalized spacial score (nSPS) is 11.1. The molecule has 0 unspecified atom stereocenters. The van der Waals surface area contributed by atoms with Crippen LogP contribution in [0.3, 0.4) is 0 Å². The minimum Gasteiger partial charge on any atom is -0.483 e. The number of para-hydroxylation sites is 1. The molecule has 0 aliphatic heterocycles. The van der Waals surface area contributed by atoms with Crippen LogP contribution >= 0.6 is 15.9 Å². The van der Waals surface area contributed by atoms with Gasteiger partial charge in [0, 0.05) is 22.7 Å². The van der Waals surface area contributed by atoms with Gasteiger partial charge in [-0.05, 0) is 46.6 Å². The monoisotopic (exact) mass is 385 g/mol. The van der Waals surface area contributed by atoms with Gasteiger partial charge in [0.15, 0.2) is 6.61 Å². The summed E-state index contributed by atoms with van der Waals surface area (Å²) in [4.78, 5) is 15.0. The van der Waals surface area contributed by atoms with Crippen molar-refractivity contribution in [2.75, 3.05) is 6.61 Å². The predicted octanol–water partition coefficient (Wildman–Crippen LogP) is 3.77. The standard InChI is InChI=1S/C18H16BrN3O2/c1-12-6-7-17(15(19)8-12)24-11-18(23)22-21-10-13-9-20-16-5-3-2-4-14(13)16/h2-10,20H,11H2,1H3,(H,22,23)/b21-10-. The first-order valence-electron chi connectivity index (χ1n) is 7.40. The molecule has 0 aliphatic carbocycles. The van der Waals surface area contributed by atoms with Gasteiger partial charge in [-0.1, -0.05) is 24.3 Å². The Balaban J connectivity index is 1.55. The molecule has 2 N–H and O–H groups in total. The molecule has 122 valence electrons. The van der Waals surface area contributed by atoms with E-state index in [4.69, 9.17) is 4.74 Å². The lowest BCUT2D eigenvalue weighted by molar-refractivity contribution is -0.123. The number of carbonyl (C=O) groups excluding carboxylic acids is 1. The SMILES string of the molecule is Cc1ccc(OCC(=O)N/N=C\c2c[nH]c3ccccc23)c(Br)c1. The van der Waals surface area contributed by atoms with E-state index in [1.807, 2.05) is 55.6 Å². The second kappa shape index (κ2) is 7.31. The molecular weight excluding hydrogens is 370 g/mol. The Kier molecular flexibility index (Phi) is 4.96. The molecule has 0 atom stereocenters. The van der Waals surface area contributed by atoms with Gasteiger partial charge in [0.1, 0.15) is 5.75 Å². The summed E-state index contributed by atoms with van der Waals surface area (Å²) >= 11 is 3.41. The molecule has 1 aromatic heterocycles. The van der Waals surface area contributed by atoms with Gasteiger partial charge in [-0.15, -0.1) is 0 Å². The lowest BCUT2D eigenvalue weighted by Crippen LogP contribution is -2.24. The molecule has 0 bridgehead atoms. The van der Waals surface area contributed by atoms with E-state index in [0.717, 1.165) is 26.5 Å². The van der Waals surface area contributed by atoms with E-state index < -0.39 is 0 Å². The summed E-state index contributed by atoms with van der Waals surface area (Å²) in [6.45, 7) is 1.88. The number of ether oxygens (including phenoxy) is 1. The maximum atomic E-state index is 11.8. The molecule has 0 radical (unpaired) electrons. The number of halogens is 1. The van der Waals surface area contributed by atoms with E-state index in [1.165, 1.54) is 0 Å². The van der Waals surface area contributed by atoms with Gasteiger partial charge >= 0.3 is 0 Å². The van der Waals surface area contributed by atoms with Crippen LogP contribution < -0.4 is 10.2 Å². The van der Waals surface area contributed by atoms with Crippen LogP contribution in [0.25, 0.3) is 10.9 Å². The molecule has 5 nitrogen and oxygen atoms in total. The summed E-state index contributed by atoms with van der Waals surface area (Å²) in [5.41, 5.74) is 5.51. The van der Waals surface area contributed by atoms with Gasteiger partial charge in [0.05, 0.1) is 10.7 Å². The largest absolute Gasteiger partial charge is 0.483 e. The highest BCUT2D eigenvalue weighted by molar-refractivity contribution is 9.10. The van der Waals surface area contributed by atoms with Gasteiger partial charge in [-0.3, -0.25) is 4.79 Å². The van der Waals surface area contributed by atoms with Gasteiger partial charge in [-0.25, -0.2) is 5.43 Å². The van der Waals surface area contributed by atoms with Crippen molar-refractivity contribution in [1.29, 1.82) is 0 Å². The van der Waals surface area contributed by atoms with E-state index in [9.17, 15) is 4.79 Å². The van der Waals surface area contributed by atoms with Crippen LogP contribution in [0.1, 0.15) is 11.1 Å². The average Bonchev–Trinajstić information content (AvgIpc) is 2.97. The average molecular weight is 386 g/mol. The maximum Gasteiger partial charge on any atom is 0.277 e. The Morgan fingerprint density at radius 3 is 3.00 bits per heavy atom. The van der Waals surface area contributed by atoms with Crippen molar-refractivity contribution in [2.24, 2.45) is 5.10 Å². The molecule has 1 amide bonds. The van der Waals surface area contributed by atoms with Crippen LogP contribution in [0.4, 0.5) is 0 Å². The van der Waals surface area contributed by atoms with E-state index in [0.29, 0.717) is 5.75 Å². The van der Waals surface area contributed by atoms with Crippen LogP contribution in [-0.4, -0.2) is 23.7 Å². The zero-order chi connectivity index (χ0) is 16.9. The van der Waals surface area contributed by atoms with Gasteiger partial charge < -0.3 is 9.72 Å². The Hall–Kier alpha value is -2.60. The van der Waals surface area contributed by atoms with E-state index in [2.05, 4.69) is 31.4 Å². The molecular formula is C18H16BrN3O2. The first kappa shape index (κ1) is 16.3. The molecule has 0 saturated heterocycles. The van der Waals surface area contributed by atoms with Crippen molar-refractivity contribution in [3.05, 3.63) is 64.3 Å². The number of hydrazone groups is 1. The van der Waals surface area contributed by atoms with E-state index in [-0.39, 0.29) is 12.5 Å². The molecule has 0 fully saturated rings. The molecule has 3 aromatic rings. The molecule has 1 heterocycles. The number of benzene rings is 2. The number of aromatic amines is 1. The number of fused-ring (bicyclic) bond motifs is 1. The van der Waals surface area contributed by atoms with Crippen LogP contribution in [0.2, 0.25) is 0 Å². The third-order valence-electron chi connectivity index (χ3n) is 3.46. The number of rotatable bonds is 5. The van der Waals surface area contributed by atoms with Crippen molar-refractivity contribution < 1.29 is 9.53 Å². The van der Waals surface area contributed by atoms with Crippen molar-refractivity contribution in [3.8, 4) is 5.75 Å². The molecule has 0 aliphatic rings. The van der Waals surface area contributed by atoms with Crippen molar-refractivity contribution in [3.63, 3.8) is 0 Å². The quantitative estimate of drug-likeness (QED) is 0.518. The highest BCUT2D eigenvalue weighted by atomic mass is 79.9. The topological polar surface area (TPSA) is 66.5 Å². The van der Waals surface area contributed by atoms with Crippen LogP contribution in [0, 0.1) is 6.92 Å². The summed E-state index contributed by atoms with van der Waals surface area (Å²) in [7, 11) is 0. The van der Waals surface area contributed by atoms with Gasteiger partial charge in [0.2, 0.25) is 0 Å². The van der Waals surface area contributed by atoms with Crippen molar-refractivity contribution in [2.45, 2.75) is 6.92 Å². The molecule has 2 aromatic carbocycles. The van der Waals surface area contributed by atoms with E-state index in [1.54, 1.807) is 6.21 Å². The number of hydrogen-bond donors (Lipinski definition) is 2. The fourth-order valence-corrected chi connectivity index (χ4v) is 2.88. The molecule has 0 spiro atoms. The highest BCUT2D eigenvalue weighted by Crippen LogP contribution is 2.25. The number of H-pyrrole nitrogens is 1. The third kappa shape index (κ3) is 3.83. The summed E-state index contributed by atoms with van der Waals surface area (Å²) in [5, 5.41) is 5.03. The predicted molar refractivity (Wildman–Crippen MR) is 98.4 cm³/mol. The summed E-state index contributed by atoms with van der Waals surface area (Å²) in [6.07, 6.45) is 3.46. The number of carbonyl (C=O) groups is 1. The molecule has 6 heteroatoms. The fraction of sp³-hybridized carbons (Fsp3) is 0.111. The van der Waals surface area contributed by atoms with E-state index >= 15 is 0 Å². The van der Waals surface area contributed by atoms with Gasteiger partial charge in [0.25, 0.3) is 5.91 Å².